The van der Waals surface area contributed by atoms with Gasteiger partial charge in [-0.1, -0.05) is 62.9 Å². The Morgan fingerprint density at radius 2 is 1.64 bits per heavy atom. The van der Waals surface area contributed by atoms with E-state index in [2.05, 4.69) is 11.8 Å². The number of nitrogens with zero attached hydrogens (tertiary/aromatic N) is 3. The fraction of sp³-hybridized carbons (Fsp3) is 0.586. The summed E-state index contributed by atoms with van der Waals surface area (Å²) < 4.78 is 11.0. The molecule has 1 aromatic carbocycles. The van der Waals surface area contributed by atoms with Crippen LogP contribution in [0.2, 0.25) is 0 Å². The first-order valence-electron chi connectivity index (χ1n) is 13.6. The van der Waals surface area contributed by atoms with E-state index < -0.39 is 0 Å². The van der Waals surface area contributed by atoms with Gasteiger partial charge in [0.1, 0.15) is 5.76 Å². The van der Waals surface area contributed by atoms with Crippen LogP contribution in [0.3, 0.4) is 0 Å². The van der Waals surface area contributed by atoms with Gasteiger partial charge in [-0.25, -0.2) is 0 Å². The normalized spacial score (nSPS) is 14.0. The Hall–Kier alpha value is -2.64. The highest BCUT2D eigenvalue weighted by molar-refractivity contribution is 5.84. The van der Waals surface area contributed by atoms with Crippen LogP contribution in [0.15, 0.2) is 53.1 Å². The first-order chi connectivity index (χ1) is 17.7. The van der Waals surface area contributed by atoms with Gasteiger partial charge < -0.3 is 19.0 Å². The maximum Gasteiger partial charge on any atom is 0.242 e. The third-order valence-electron chi connectivity index (χ3n) is 6.67. The summed E-state index contributed by atoms with van der Waals surface area (Å²) in [5, 5.41) is 0. The lowest BCUT2D eigenvalue weighted by Crippen LogP contribution is -2.44. The molecule has 0 unspecified atom stereocenters. The van der Waals surface area contributed by atoms with Crippen LogP contribution in [0.1, 0.15) is 63.2 Å². The second kappa shape index (κ2) is 16.2. The minimum Gasteiger partial charge on any atom is -0.467 e. The van der Waals surface area contributed by atoms with Gasteiger partial charge in [0.15, 0.2) is 0 Å². The molecular weight excluding hydrogens is 454 g/mol. The van der Waals surface area contributed by atoms with E-state index in [0.29, 0.717) is 26.1 Å². The second-order valence-corrected chi connectivity index (χ2v) is 9.60. The summed E-state index contributed by atoms with van der Waals surface area (Å²) in [6.45, 7) is 8.05. The molecule has 0 N–H and O–H groups in total. The lowest BCUT2D eigenvalue weighted by molar-refractivity contribution is -0.141. The third kappa shape index (κ3) is 10.2. The van der Waals surface area contributed by atoms with Gasteiger partial charge in [-0.3, -0.25) is 14.5 Å². The maximum absolute atomic E-state index is 13.5. The van der Waals surface area contributed by atoms with Crippen LogP contribution >= 0.6 is 0 Å². The number of unbranched alkanes of at least 4 members (excludes halogenated alkanes) is 4. The maximum atomic E-state index is 13.5. The Morgan fingerprint density at radius 3 is 2.36 bits per heavy atom. The van der Waals surface area contributed by atoms with Crippen molar-refractivity contribution in [2.24, 2.45) is 0 Å². The molecule has 0 aliphatic carbocycles. The van der Waals surface area contributed by atoms with Gasteiger partial charge in [0.25, 0.3) is 0 Å². The molecule has 198 valence electrons. The third-order valence-corrected chi connectivity index (χ3v) is 6.67. The lowest BCUT2D eigenvalue weighted by Gasteiger charge is -2.30. The molecule has 7 nitrogen and oxygen atoms in total. The first kappa shape index (κ1) is 27.9. The molecule has 7 heteroatoms. The molecule has 0 atom stereocenters. The number of hydrogen-bond donors (Lipinski definition) is 0. The molecule has 2 aromatic rings. The van der Waals surface area contributed by atoms with E-state index in [1.165, 1.54) is 12.8 Å². The highest BCUT2D eigenvalue weighted by atomic mass is 16.5. The number of carbonyl (C=O) groups excluding carboxylic acids is 2. The average molecular weight is 498 g/mol. The summed E-state index contributed by atoms with van der Waals surface area (Å²) >= 11 is 0. The van der Waals surface area contributed by atoms with Crippen molar-refractivity contribution in [3.63, 3.8) is 0 Å². The molecule has 0 saturated carbocycles. The van der Waals surface area contributed by atoms with Crippen LogP contribution in [0.4, 0.5) is 0 Å². The fourth-order valence-corrected chi connectivity index (χ4v) is 4.53. The number of furan rings is 1. The fourth-order valence-electron chi connectivity index (χ4n) is 4.53. The molecule has 3 rings (SSSR count). The van der Waals surface area contributed by atoms with Crippen molar-refractivity contribution in [1.29, 1.82) is 0 Å². The van der Waals surface area contributed by atoms with Gasteiger partial charge in [-0.05, 0) is 30.5 Å². The predicted molar refractivity (Wildman–Crippen MR) is 141 cm³/mol. The van der Waals surface area contributed by atoms with Crippen molar-refractivity contribution in [2.75, 3.05) is 45.9 Å². The summed E-state index contributed by atoms with van der Waals surface area (Å²) in [5.41, 5.74) is 1.05. The van der Waals surface area contributed by atoms with Crippen molar-refractivity contribution in [1.82, 2.24) is 14.7 Å². The van der Waals surface area contributed by atoms with Crippen LogP contribution in [-0.2, 0) is 27.4 Å². The topological polar surface area (TPSA) is 66.2 Å². The summed E-state index contributed by atoms with van der Waals surface area (Å²) in [5.74, 6) is 0.765. The number of amides is 2. The SMILES string of the molecule is CCCCCCCC(=O)N(CCCN1CCOCC1)CC(=O)N(Cc1ccccc1)Cc1ccco1. The van der Waals surface area contributed by atoms with E-state index in [0.717, 1.165) is 69.9 Å². The van der Waals surface area contributed by atoms with Crippen LogP contribution in [-0.4, -0.2) is 72.5 Å². The number of morpholine rings is 1. The van der Waals surface area contributed by atoms with Crippen molar-refractivity contribution >= 4 is 11.8 Å². The van der Waals surface area contributed by atoms with E-state index >= 15 is 0 Å². The van der Waals surface area contributed by atoms with E-state index in [4.69, 9.17) is 9.15 Å². The summed E-state index contributed by atoms with van der Waals surface area (Å²) in [4.78, 5) is 32.7. The second-order valence-electron chi connectivity index (χ2n) is 9.60. The average Bonchev–Trinajstić information content (AvgIpc) is 3.42. The number of rotatable bonds is 16. The molecule has 1 saturated heterocycles. The van der Waals surface area contributed by atoms with Crippen molar-refractivity contribution in [3.8, 4) is 0 Å². The van der Waals surface area contributed by atoms with E-state index in [1.54, 1.807) is 16.1 Å². The first-order valence-corrected chi connectivity index (χ1v) is 13.6. The van der Waals surface area contributed by atoms with Gasteiger partial charge in [-0.15, -0.1) is 0 Å². The van der Waals surface area contributed by atoms with Gasteiger partial charge in [0.2, 0.25) is 11.8 Å². The van der Waals surface area contributed by atoms with Crippen LogP contribution in [0.5, 0.6) is 0 Å². The van der Waals surface area contributed by atoms with Gasteiger partial charge in [0, 0.05) is 39.1 Å². The molecule has 36 heavy (non-hydrogen) atoms. The molecule has 1 aromatic heterocycles. The van der Waals surface area contributed by atoms with E-state index in [1.807, 2.05) is 42.5 Å². The molecule has 1 fully saturated rings. The standard InChI is InChI=1S/C29H43N3O4/c1-2-3-4-5-9-15-28(33)31(17-11-16-30-18-21-35-22-19-30)25-29(34)32(24-27-14-10-20-36-27)23-26-12-7-6-8-13-26/h6-8,10,12-14,20H,2-5,9,11,15-19,21-25H2,1H3. The number of hydrogen-bond acceptors (Lipinski definition) is 5. The van der Waals surface area contributed by atoms with Crippen LogP contribution in [0.25, 0.3) is 0 Å². The summed E-state index contributed by atoms with van der Waals surface area (Å²) in [6.07, 6.45) is 8.48. The highest BCUT2D eigenvalue weighted by Gasteiger charge is 2.22. The Morgan fingerprint density at radius 1 is 0.861 bits per heavy atom. The van der Waals surface area contributed by atoms with E-state index in [-0.39, 0.29) is 18.4 Å². The predicted octanol–water partition coefficient (Wildman–Crippen LogP) is 4.72. The summed E-state index contributed by atoms with van der Waals surface area (Å²) in [7, 11) is 0. The zero-order valence-corrected chi connectivity index (χ0v) is 21.9. The quantitative estimate of drug-likeness (QED) is 0.314. The minimum atomic E-state index is -0.0547. The van der Waals surface area contributed by atoms with Crippen LogP contribution in [0, 0.1) is 0 Å². The molecule has 0 spiro atoms. The minimum absolute atomic E-state index is 0.0547. The Balaban J connectivity index is 1.62. The largest absolute Gasteiger partial charge is 0.467 e. The molecule has 2 amide bonds. The molecule has 1 aliphatic rings. The van der Waals surface area contributed by atoms with Crippen LogP contribution < -0.4 is 0 Å². The Labute approximate surface area is 216 Å². The monoisotopic (exact) mass is 497 g/mol. The smallest absolute Gasteiger partial charge is 0.242 e. The lowest BCUT2D eigenvalue weighted by atomic mass is 10.1. The molecule has 1 aliphatic heterocycles. The van der Waals surface area contributed by atoms with Gasteiger partial charge >= 0.3 is 0 Å². The van der Waals surface area contributed by atoms with Crippen molar-refractivity contribution in [3.05, 3.63) is 60.1 Å². The van der Waals surface area contributed by atoms with Crippen molar-refractivity contribution in [2.45, 2.75) is 65.0 Å². The van der Waals surface area contributed by atoms with Gasteiger partial charge in [0.05, 0.1) is 32.6 Å². The zero-order valence-electron chi connectivity index (χ0n) is 21.9. The molecular formula is C29H43N3O4. The Kier molecular flexibility index (Phi) is 12.6. The molecule has 0 radical (unpaired) electrons. The molecule has 2 heterocycles. The molecule has 0 bridgehead atoms. The number of benzene rings is 1. The van der Waals surface area contributed by atoms with E-state index in [9.17, 15) is 9.59 Å². The number of ether oxygens (including phenoxy) is 1. The Bertz CT molecular complexity index is 866. The summed E-state index contributed by atoms with van der Waals surface area (Å²) in [6, 6.07) is 13.7. The number of carbonyl (C=O) groups is 2. The van der Waals surface area contributed by atoms with Crippen molar-refractivity contribution < 1.29 is 18.7 Å². The zero-order chi connectivity index (χ0) is 25.4. The highest BCUT2D eigenvalue weighted by Crippen LogP contribution is 2.13. The van der Waals surface area contributed by atoms with Gasteiger partial charge in [-0.2, -0.15) is 0 Å².